The number of amides is 2. The number of hydrogen-bond acceptors (Lipinski definition) is 3. The summed E-state index contributed by atoms with van der Waals surface area (Å²) in [5.41, 5.74) is 0. The number of rotatable bonds is 2. The Bertz CT molecular complexity index is 426. The molecule has 2 atom stereocenters. The van der Waals surface area contributed by atoms with Gasteiger partial charge in [-0.2, -0.15) is 0 Å². The van der Waals surface area contributed by atoms with Crippen LogP contribution >= 0.6 is 0 Å². The van der Waals surface area contributed by atoms with Crippen molar-refractivity contribution in [1.82, 2.24) is 15.1 Å². The standard InChI is InChI=1S/C18H31N3O2/c1-14-13-16(7-8-19-14)18(23)21-11-9-20(10-12-21)17(22)15-5-3-2-4-6-15/h14-16,19H,2-13H2,1H3/t14-,16-/m0/s1. The molecule has 130 valence electrons. The van der Waals surface area contributed by atoms with E-state index in [4.69, 9.17) is 0 Å². The van der Waals surface area contributed by atoms with Gasteiger partial charge in [-0.05, 0) is 39.2 Å². The Morgan fingerprint density at radius 2 is 1.39 bits per heavy atom. The molecule has 0 aromatic carbocycles. The average molecular weight is 321 g/mol. The lowest BCUT2D eigenvalue weighted by molar-refractivity contribution is -0.145. The molecule has 0 spiro atoms. The third-order valence-electron chi connectivity index (χ3n) is 5.83. The Morgan fingerprint density at radius 1 is 0.826 bits per heavy atom. The van der Waals surface area contributed by atoms with Gasteiger partial charge in [0.1, 0.15) is 0 Å². The number of piperidine rings is 1. The molecule has 3 fully saturated rings. The van der Waals surface area contributed by atoms with Crippen LogP contribution in [0.15, 0.2) is 0 Å². The lowest BCUT2D eigenvalue weighted by atomic mass is 9.88. The van der Waals surface area contributed by atoms with E-state index in [1.807, 2.05) is 9.80 Å². The van der Waals surface area contributed by atoms with Crippen LogP contribution in [0, 0.1) is 11.8 Å². The van der Waals surface area contributed by atoms with Crippen molar-refractivity contribution in [3.63, 3.8) is 0 Å². The molecule has 2 amide bonds. The highest BCUT2D eigenvalue weighted by molar-refractivity contribution is 5.81. The molecule has 1 saturated carbocycles. The summed E-state index contributed by atoms with van der Waals surface area (Å²) in [7, 11) is 0. The third-order valence-corrected chi connectivity index (χ3v) is 5.83. The van der Waals surface area contributed by atoms with Gasteiger partial charge in [0.15, 0.2) is 0 Å². The summed E-state index contributed by atoms with van der Waals surface area (Å²) >= 11 is 0. The summed E-state index contributed by atoms with van der Waals surface area (Å²) in [5.74, 6) is 1.07. The topological polar surface area (TPSA) is 52.7 Å². The lowest BCUT2D eigenvalue weighted by Crippen LogP contribution is -2.54. The molecule has 1 aliphatic carbocycles. The molecule has 0 aromatic rings. The Kier molecular flexibility index (Phi) is 5.57. The van der Waals surface area contributed by atoms with Gasteiger partial charge >= 0.3 is 0 Å². The highest BCUT2D eigenvalue weighted by atomic mass is 16.2. The Balaban J connectivity index is 1.47. The van der Waals surface area contributed by atoms with Gasteiger partial charge in [0.2, 0.25) is 11.8 Å². The third kappa shape index (κ3) is 4.06. The molecule has 0 unspecified atom stereocenters. The minimum absolute atomic E-state index is 0.173. The maximum absolute atomic E-state index is 12.7. The van der Waals surface area contributed by atoms with Crippen molar-refractivity contribution in [2.75, 3.05) is 32.7 Å². The fourth-order valence-electron chi connectivity index (χ4n) is 4.37. The van der Waals surface area contributed by atoms with Crippen molar-refractivity contribution in [3.05, 3.63) is 0 Å². The fourth-order valence-corrected chi connectivity index (χ4v) is 4.37. The van der Waals surface area contributed by atoms with Gasteiger partial charge < -0.3 is 15.1 Å². The second-order valence-electron chi connectivity index (χ2n) is 7.56. The predicted octanol–water partition coefficient (Wildman–Crippen LogP) is 1.63. The maximum Gasteiger partial charge on any atom is 0.225 e. The first-order valence-electron chi connectivity index (χ1n) is 9.46. The van der Waals surface area contributed by atoms with E-state index in [0.29, 0.717) is 17.9 Å². The number of piperazine rings is 1. The van der Waals surface area contributed by atoms with Crippen molar-refractivity contribution >= 4 is 11.8 Å². The zero-order chi connectivity index (χ0) is 16.2. The molecule has 0 radical (unpaired) electrons. The monoisotopic (exact) mass is 321 g/mol. The Hall–Kier alpha value is -1.10. The van der Waals surface area contributed by atoms with Crippen LogP contribution in [0.4, 0.5) is 0 Å². The molecule has 2 aliphatic heterocycles. The first kappa shape index (κ1) is 16.7. The van der Waals surface area contributed by atoms with Crippen LogP contribution in [0.25, 0.3) is 0 Å². The average Bonchev–Trinajstić information content (AvgIpc) is 2.61. The van der Waals surface area contributed by atoms with E-state index in [9.17, 15) is 9.59 Å². The second-order valence-corrected chi connectivity index (χ2v) is 7.56. The van der Waals surface area contributed by atoms with Gasteiger partial charge in [0.05, 0.1) is 0 Å². The summed E-state index contributed by atoms with van der Waals surface area (Å²) < 4.78 is 0. The Labute approximate surface area is 139 Å². The quantitative estimate of drug-likeness (QED) is 0.841. The first-order valence-corrected chi connectivity index (χ1v) is 9.46. The minimum Gasteiger partial charge on any atom is -0.339 e. The number of nitrogens with zero attached hydrogens (tertiary/aromatic N) is 2. The van der Waals surface area contributed by atoms with Gasteiger partial charge in [-0.3, -0.25) is 9.59 Å². The molecule has 23 heavy (non-hydrogen) atoms. The second kappa shape index (κ2) is 7.65. The molecule has 3 aliphatic rings. The first-order chi connectivity index (χ1) is 11.1. The molecule has 0 aromatic heterocycles. The molecular formula is C18H31N3O2. The minimum atomic E-state index is 0.173. The zero-order valence-electron chi connectivity index (χ0n) is 14.4. The zero-order valence-corrected chi connectivity index (χ0v) is 14.4. The van der Waals surface area contributed by atoms with Crippen LogP contribution < -0.4 is 5.32 Å². The molecular weight excluding hydrogens is 290 g/mol. The highest BCUT2D eigenvalue weighted by Crippen LogP contribution is 2.26. The van der Waals surface area contributed by atoms with Crippen LogP contribution in [0.1, 0.15) is 51.9 Å². The van der Waals surface area contributed by atoms with Crippen molar-refractivity contribution in [2.45, 2.75) is 57.9 Å². The van der Waals surface area contributed by atoms with Crippen molar-refractivity contribution in [3.8, 4) is 0 Å². The highest BCUT2D eigenvalue weighted by Gasteiger charge is 2.33. The molecule has 2 saturated heterocycles. The van der Waals surface area contributed by atoms with Gasteiger partial charge in [0, 0.05) is 44.1 Å². The van der Waals surface area contributed by atoms with E-state index >= 15 is 0 Å². The summed E-state index contributed by atoms with van der Waals surface area (Å²) in [6.45, 7) is 5.98. The van der Waals surface area contributed by atoms with E-state index in [-0.39, 0.29) is 11.8 Å². The maximum atomic E-state index is 12.7. The molecule has 3 rings (SSSR count). The van der Waals surface area contributed by atoms with E-state index in [0.717, 1.165) is 58.4 Å². The Morgan fingerprint density at radius 3 is 1.96 bits per heavy atom. The molecule has 5 nitrogen and oxygen atoms in total. The predicted molar refractivity (Wildman–Crippen MR) is 89.9 cm³/mol. The molecule has 2 heterocycles. The van der Waals surface area contributed by atoms with Crippen LogP contribution in [-0.2, 0) is 9.59 Å². The molecule has 1 N–H and O–H groups in total. The number of nitrogens with one attached hydrogen (secondary N) is 1. The smallest absolute Gasteiger partial charge is 0.225 e. The van der Waals surface area contributed by atoms with E-state index in [2.05, 4.69) is 12.2 Å². The number of carbonyl (C=O) groups is 2. The summed E-state index contributed by atoms with van der Waals surface area (Å²) in [4.78, 5) is 29.3. The van der Waals surface area contributed by atoms with E-state index in [1.54, 1.807) is 0 Å². The van der Waals surface area contributed by atoms with Crippen molar-refractivity contribution in [1.29, 1.82) is 0 Å². The summed E-state index contributed by atoms with van der Waals surface area (Å²) in [5, 5.41) is 3.40. The van der Waals surface area contributed by atoms with E-state index in [1.165, 1.54) is 19.3 Å². The van der Waals surface area contributed by atoms with Crippen LogP contribution in [-0.4, -0.2) is 60.4 Å². The van der Waals surface area contributed by atoms with E-state index < -0.39 is 0 Å². The van der Waals surface area contributed by atoms with Crippen LogP contribution in [0.5, 0.6) is 0 Å². The summed E-state index contributed by atoms with van der Waals surface area (Å²) in [6.07, 6.45) is 7.69. The summed E-state index contributed by atoms with van der Waals surface area (Å²) in [6, 6.07) is 0.437. The fraction of sp³-hybridized carbons (Fsp3) is 0.889. The largest absolute Gasteiger partial charge is 0.339 e. The van der Waals surface area contributed by atoms with Gasteiger partial charge in [0.25, 0.3) is 0 Å². The van der Waals surface area contributed by atoms with Crippen LogP contribution in [0.2, 0.25) is 0 Å². The normalized spacial score (nSPS) is 30.3. The van der Waals surface area contributed by atoms with Crippen molar-refractivity contribution in [2.24, 2.45) is 11.8 Å². The molecule has 0 bridgehead atoms. The van der Waals surface area contributed by atoms with Gasteiger partial charge in [-0.15, -0.1) is 0 Å². The van der Waals surface area contributed by atoms with Gasteiger partial charge in [-0.25, -0.2) is 0 Å². The SMILES string of the molecule is C[C@H]1C[C@@H](C(=O)N2CCN(C(=O)C3CCCCC3)CC2)CCN1. The van der Waals surface area contributed by atoms with Crippen molar-refractivity contribution < 1.29 is 9.59 Å². The van der Waals surface area contributed by atoms with Gasteiger partial charge in [-0.1, -0.05) is 19.3 Å². The number of carbonyl (C=O) groups excluding carboxylic acids is 2. The molecule has 5 heteroatoms. The van der Waals surface area contributed by atoms with Crippen LogP contribution in [0.3, 0.4) is 0 Å². The number of hydrogen-bond donors (Lipinski definition) is 1. The lowest BCUT2D eigenvalue weighted by Gasteiger charge is -2.39.